The molecule has 1 atom stereocenters. The standard InChI is InChI=1S/C15H24N2O4/c1-15(2,3)8-12(10-18)16-9-11-5-6-14(21-4)13(7-11)17(19)20/h5-7,12,16,18H,8-10H2,1-4H3. The molecule has 0 saturated heterocycles. The Hall–Kier alpha value is -1.66. The molecule has 6 heteroatoms. The van der Waals surface area contributed by atoms with Crippen molar-refractivity contribution in [3.05, 3.63) is 33.9 Å². The molecule has 1 aromatic rings. The lowest BCUT2D eigenvalue weighted by molar-refractivity contribution is -0.385. The third kappa shape index (κ3) is 5.69. The fraction of sp³-hybridized carbons (Fsp3) is 0.600. The second-order valence-corrected chi connectivity index (χ2v) is 6.29. The Morgan fingerprint density at radius 2 is 2.10 bits per heavy atom. The first kappa shape index (κ1) is 17.4. The van der Waals surface area contributed by atoms with Gasteiger partial charge in [-0.1, -0.05) is 26.8 Å². The minimum atomic E-state index is -0.457. The van der Waals surface area contributed by atoms with Crippen LogP contribution in [0.4, 0.5) is 5.69 Å². The smallest absolute Gasteiger partial charge is 0.311 e. The number of aliphatic hydroxyl groups is 1. The van der Waals surface area contributed by atoms with Gasteiger partial charge in [-0.25, -0.2) is 0 Å². The van der Waals surface area contributed by atoms with Gasteiger partial charge in [0.05, 0.1) is 18.6 Å². The molecule has 0 aromatic heterocycles. The minimum absolute atomic E-state index is 0.0360. The molecule has 0 bridgehead atoms. The number of methoxy groups -OCH3 is 1. The summed E-state index contributed by atoms with van der Waals surface area (Å²) in [5.74, 6) is 0.247. The van der Waals surface area contributed by atoms with Crippen LogP contribution in [-0.2, 0) is 6.54 Å². The van der Waals surface area contributed by atoms with Gasteiger partial charge in [-0.3, -0.25) is 10.1 Å². The summed E-state index contributed by atoms with van der Waals surface area (Å²) in [5.41, 5.74) is 0.842. The monoisotopic (exact) mass is 296 g/mol. The molecule has 0 amide bonds. The number of hydrogen-bond donors (Lipinski definition) is 2. The molecular formula is C15H24N2O4. The number of ether oxygens (including phenoxy) is 1. The van der Waals surface area contributed by atoms with E-state index in [0.29, 0.717) is 6.54 Å². The average Bonchev–Trinajstić information content (AvgIpc) is 2.41. The maximum atomic E-state index is 11.0. The number of benzene rings is 1. The first-order valence-electron chi connectivity index (χ1n) is 6.92. The van der Waals surface area contributed by atoms with Gasteiger partial charge in [-0.05, 0) is 23.5 Å². The van der Waals surface area contributed by atoms with Gasteiger partial charge in [0.2, 0.25) is 0 Å². The van der Waals surface area contributed by atoms with Crippen molar-refractivity contribution in [1.29, 1.82) is 0 Å². The summed E-state index contributed by atoms with van der Waals surface area (Å²) < 4.78 is 4.97. The van der Waals surface area contributed by atoms with Crippen LogP contribution < -0.4 is 10.1 Å². The number of hydrogen-bond acceptors (Lipinski definition) is 5. The maximum absolute atomic E-state index is 11.0. The number of aliphatic hydroxyl groups excluding tert-OH is 1. The lowest BCUT2D eigenvalue weighted by atomic mass is 9.88. The van der Waals surface area contributed by atoms with Crippen molar-refractivity contribution in [2.24, 2.45) is 5.41 Å². The van der Waals surface area contributed by atoms with Gasteiger partial charge in [0, 0.05) is 18.7 Å². The molecule has 0 saturated carbocycles. The molecule has 0 aliphatic rings. The third-order valence-electron chi connectivity index (χ3n) is 3.11. The predicted molar refractivity (Wildman–Crippen MR) is 81.4 cm³/mol. The number of rotatable bonds is 7. The lowest BCUT2D eigenvalue weighted by Crippen LogP contribution is -2.35. The maximum Gasteiger partial charge on any atom is 0.311 e. The van der Waals surface area contributed by atoms with Crippen molar-refractivity contribution in [2.45, 2.75) is 39.8 Å². The SMILES string of the molecule is COc1ccc(CNC(CO)CC(C)(C)C)cc1[N+](=O)[O-]. The first-order valence-corrected chi connectivity index (χ1v) is 6.92. The molecule has 0 aliphatic carbocycles. The highest BCUT2D eigenvalue weighted by molar-refractivity contribution is 5.48. The number of nitrogens with zero attached hydrogens (tertiary/aromatic N) is 1. The van der Waals surface area contributed by atoms with Crippen molar-refractivity contribution in [1.82, 2.24) is 5.32 Å². The van der Waals surface area contributed by atoms with E-state index in [0.717, 1.165) is 12.0 Å². The molecule has 0 radical (unpaired) electrons. The summed E-state index contributed by atoms with van der Waals surface area (Å²) in [6.07, 6.45) is 0.821. The number of nitro benzene ring substituents is 1. The van der Waals surface area contributed by atoms with E-state index >= 15 is 0 Å². The highest BCUT2D eigenvalue weighted by atomic mass is 16.6. The van der Waals surface area contributed by atoms with Gasteiger partial charge >= 0.3 is 5.69 Å². The van der Waals surface area contributed by atoms with Gasteiger partial charge in [0.15, 0.2) is 5.75 Å². The molecule has 2 N–H and O–H groups in total. The van der Waals surface area contributed by atoms with E-state index in [-0.39, 0.29) is 29.5 Å². The second kappa shape index (κ2) is 7.38. The zero-order chi connectivity index (χ0) is 16.0. The molecular weight excluding hydrogens is 272 g/mol. The lowest BCUT2D eigenvalue weighted by Gasteiger charge is -2.25. The molecule has 1 aromatic carbocycles. The van der Waals surface area contributed by atoms with Crippen LogP contribution in [0.25, 0.3) is 0 Å². The summed E-state index contributed by atoms with van der Waals surface area (Å²) in [4.78, 5) is 10.5. The van der Waals surface area contributed by atoms with Gasteiger partial charge in [0.25, 0.3) is 0 Å². The molecule has 0 fully saturated rings. The summed E-state index contributed by atoms with van der Waals surface area (Å²) >= 11 is 0. The van der Waals surface area contributed by atoms with Crippen molar-refractivity contribution >= 4 is 5.69 Å². The van der Waals surface area contributed by atoms with Gasteiger partial charge in [-0.2, -0.15) is 0 Å². The molecule has 0 heterocycles. The van der Waals surface area contributed by atoms with Gasteiger partial charge < -0.3 is 15.2 Å². The van der Waals surface area contributed by atoms with Crippen LogP contribution in [-0.4, -0.2) is 29.8 Å². The third-order valence-corrected chi connectivity index (χ3v) is 3.11. The Bertz CT molecular complexity index is 483. The zero-order valence-corrected chi connectivity index (χ0v) is 13.0. The van der Waals surface area contributed by atoms with Crippen molar-refractivity contribution in [3.8, 4) is 5.75 Å². The molecule has 6 nitrogen and oxygen atoms in total. The summed E-state index contributed by atoms with van der Waals surface area (Å²) in [6, 6.07) is 4.83. The predicted octanol–water partition coefficient (Wildman–Crippen LogP) is 2.49. The van der Waals surface area contributed by atoms with E-state index in [1.165, 1.54) is 13.2 Å². The van der Waals surface area contributed by atoms with Gasteiger partial charge in [0.1, 0.15) is 0 Å². The van der Waals surface area contributed by atoms with Gasteiger partial charge in [-0.15, -0.1) is 0 Å². The van der Waals surface area contributed by atoms with E-state index in [9.17, 15) is 15.2 Å². The Morgan fingerprint density at radius 3 is 2.57 bits per heavy atom. The van der Waals surface area contributed by atoms with Crippen LogP contribution in [0.15, 0.2) is 18.2 Å². The van der Waals surface area contributed by atoms with Crippen LogP contribution in [0.1, 0.15) is 32.8 Å². The van der Waals surface area contributed by atoms with Crippen LogP contribution >= 0.6 is 0 Å². The van der Waals surface area contributed by atoms with E-state index in [2.05, 4.69) is 26.1 Å². The molecule has 1 rings (SSSR count). The summed E-state index contributed by atoms with van der Waals surface area (Å²) in [5, 5.41) is 23.6. The molecule has 1 unspecified atom stereocenters. The van der Waals surface area contributed by atoms with Crippen LogP contribution in [0.5, 0.6) is 5.75 Å². The van der Waals surface area contributed by atoms with E-state index < -0.39 is 4.92 Å². The highest BCUT2D eigenvalue weighted by Gasteiger charge is 2.19. The highest BCUT2D eigenvalue weighted by Crippen LogP contribution is 2.27. The fourth-order valence-corrected chi connectivity index (χ4v) is 2.19. The van der Waals surface area contributed by atoms with Crippen molar-refractivity contribution < 1.29 is 14.8 Å². The number of nitro groups is 1. The Kier molecular flexibility index (Phi) is 6.11. The van der Waals surface area contributed by atoms with E-state index in [4.69, 9.17) is 4.74 Å². The zero-order valence-electron chi connectivity index (χ0n) is 13.0. The quantitative estimate of drug-likeness (QED) is 0.596. The Morgan fingerprint density at radius 1 is 1.43 bits per heavy atom. The van der Waals surface area contributed by atoms with E-state index in [1.54, 1.807) is 12.1 Å². The molecule has 21 heavy (non-hydrogen) atoms. The van der Waals surface area contributed by atoms with Crippen molar-refractivity contribution in [3.63, 3.8) is 0 Å². The first-order chi connectivity index (χ1) is 9.76. The molecule has 118 valence electrons. The molecule has 0 spiro atoms. The fourth-order valence-electron chi connectivity index (χ4n) is 2.19. The largest absolute Gasteiger partial charge is 0.490 e. The Balaban J connectivity index is 2.75. The van der Waals surface area contributed by atoms with Crippen molar-refractivity contribution in [2.75, 3.05) is 13.7 Å². The topological polar surface area (TPSA) is 84.6 Å². The summed E-state index contributed by atoms with van der Waals surface area (Å²) in [6.45, 7) is 6.82. The second-order valence-electron chi connectivity index (χ2n) is 6.29. The van der Waals surface area contributed by atoms with Crippen LogP contribution in [0, 0.1) is 15.5 Å². The van der Waals surface area contributed by atoms with E-state index in [1.807, 2.05) is 0 Å². The minimum Gasteiger partial charge on any atom is -0.490 e. The number of nitrogens with one attached hydrogen (secondary N) is 1. The summed E-state index contributed by atoms with van der Waals surface area (Å²) in [7, 11) is 1.41. The Labute approximate surface area is 125 Å². The van der Waals surface area contributed by atoms with Crippen LogP contribution in [0.3, 0.4) is 0 Å². The average molecular weight is 296 g/mol. The normalized spacial score (nSPS) is 13.0. The molecule has 0 aliphatic heterocycles. The van der Waals surface area contributed by atoms with Crippen LogP contribution in [0.2, 0.25) is 0 Å².